The lowest BCUT2D eigenvalue weighted by molar-refractivity contribution is -0.274. The zero-order valence-electron chi connectivity index (χ0n) is 20.6. The minimum Gasteiger partial charge on any atom is -0.406 e. The van der Waals surface area contributed by atoms with Crippen molar-refractivity contribution in [3.63, 3.8) is 0 Å². The van der Waals surface area contributed by atoms with Gasteiger partial charge < -0.3 is 9.64 Å². The van der Waals surface area contributed by atoms with E-state index in [-0.39, 0.29) is 18.7 Å². The van der Waals surface area contributed by atoms with Gasteiger partial charge in [-0.15, -0.1) is 19.8 Å². The van der Waals surface area contributed by atoms with Crippen LogP contribution in [-0.4, -0.2) is 59.7 Å². The van der Waals surface area contributed by atoms with E-state index in [4.69, 9.17) is 0 Å². The van der Waals surface area contributed by atoms with Crippen LogP contribution in [0.25, 0.3) is 5.69 Å². The van der Waals surface area contributed by atoms with Crippen LogP contribution < -0.4 is 9.64 Å². The molecule has 2 aromatic rings. The van der Waals surface area contributed by atoms with E-state index in [1.807, 2.05) is 30.9 Å². The minimum atomic E-state index is -4.69. The van der Waals surface area contributed by atoms with Gasteiger partial charge in [0.15, 0.2) is 5.82 Å². The van der Waals surface area contributed by atoms with Gasteiger partial charge in [0.1, 0.15) is 5.75 Å². The Balaban J connectivity index is 0.000000360. The molecule has 0 unspecified atom stereocenters. The van der Waals surface area contributed by atoms with Crippen molar-refractivity contribution in [3.05, 3.63) is 48.7 Å². The molecule has 10 heteroatoms. The molecule has 5 nitrogen and oxygen atoms in total. The maximum Gasteiger partial charge on any atom is 0.573 e. The van der Waals surface area contributed by atoms with Crippen molar-refractivity contribution < 1.29 is 26.7 Å². The lowest BCUT2D eigenvalue weighted by Gasteiger charge is -2.20. The fourth-order valence-corrected chi connectivity index (χ4v) is 3.84. The Bertz CT molecular complexity index is 912. The molecule has 1 aliphatic rings. The van der Waals surface area contributed by atoms with Gasteiger partial charge in [-0.1, -0.05) is 19.9 Å². The topological polar surface area (TPSA) is 33.5 Å². The van der Waals surface area contributed by atoms with E-state index in [1.165, 1.54) is 12.1 Å². The highest BCUT2D eigenvalue weighted by Crippen LogP contribution is 2.27. The van der Waals surface area contributed by atoms with Gasteiger partial charge in [-0.25, -0.2) is 13.5 Å². The summed E-state index contributed by atoms with van der Waals surface area (Å²) in [6.45, 7) is 12.8. The van der Waals surface area contributed by atoms with E-state index in [9.17, 15) is 22.0 Å². The molecule has 1 fully saturated rings. The maximum absolute atomic E-state index is 12.5. The molecule has 0 N–H and O–H groups in total. The lowest BCUT2D eigenvalue weighted by Crippen LogP contribution is -2.25. The van der Waals surface area contributed by atoms with E-state index in [0.717, 1.165) is 50.4 Å². The van der Waals surface area contributed by atoms with Crippen LogP contribution in [-0.2, 0) is 0 Å². The second-order valence-corrected chi connectivity index (χ2v) is 8.54. The van der Waals surface area contributed by atoms with Crippen LogP contribution >= 0.6 is 0 Å². The average Bonchev–Trinajstić information content (AvgIpc) is 3.33. The Hall–Kier alpha value is -2.62. The summed E-state index contributed by atoms with van der Waals surface area (Å²) in [6, 6.07) is 7.65. The van der Waals surface area contributed by atoms with Gasteiger partial charge in [0.25, 0.3) is 5.92 Å². The fraction of sp³-hybridized carbons (Fsp3) is 0.560. The van der Waals surface area contributed by atoms with Gasteiger partial charge in [0, 0.05) is 37.8 Å². The number of ether oxygens (including phenoxy) is 1. The third-order valence-corrected chi connectivity index (χ3v) is 5.40. The summed E-state index contributed by atoms with van der Waals surface area (Å²) in [5, 5.41) is 4.60. The first kappa shape index (κ1) is 28.6. The first-order valence-corrected chi connectivity index (χ1v) is 11.9. The van der Waals surface area contributed by atoms with Gasteiger partial charge in [-0.3, -0.25) is 4.90 Å². The lowest BCUT2D eigenvalue weighted by atomic mass is 10.3. The quantitative estimate of drug-likeness (QED) is 0.270. The van der Waals surface area contributed by atoms with Crippen LogP contribution in [0.15, 0.2) is 43.0 Å². The normalized spacial score (nSPS) is 15.4. The molecule has 1 saturated heterocycles. The number of aryl methyl sites for hydroxylation is 1. The molecule has 35 heavy (non-hydrogen) atoms. The van der Waals surface area contributed by atoms with Crippen molar-refractivity contribution in [2.75, 3.05) is 37.6 Å². The number of hydrogen-bond acceptors (Lipinski definition) is 4. The van der Waals surface area contributed by atoms with Crippen LogP contribution in [0, 0.1) is 6.92 Å². The van der Waals surface area contributed by atoms with Crippen molar-refractivity contribution in [1.29, 1.82) is 0 Å². The van der Waals surface area contributed by atoms with Crippen LogP contribution in [0.4, 0.5) is 27.8 Å². The van der Waals surface area contributed by atoms with Gasteiger partial charge in [0.05, 0.1) is 12.2 Å². The molecule has 2 heterocycles. The van der Waals surface area contributed by atoms with Crippen LogP contribution in [0.1, 0.15) is 45.2 Å². The number of nitrogens with zero attached hydrogens (tertiary/aromatic N) is 4. The van der Waals surface area contributed by atoms with Crippen molar-refractivity contribution in [2.45, 2.75) is 58.7 Å². The highest BCUT2D eigenvalue weighted by Gasteiger charge is 2.37. The van der Waals surface area contributed by atoms with Crippen LogP contribution in [0.2, 0.25) is 0 Å². The fourth-order valence-electron chi connectivity index (χ4n) is 3.84. The second kappa shape index (κ2) is 12.9. The summed E-state index contributed by atoms with van der Waals surface area (Å²) in [4.78, 5) is 3.99. The molecule has 0 radical (unpaired) electrons. The summed E-state index contributed by atoms with van der Waals surface area (Å²) >= 11 is 0. The SMILES string of the molecule is C=CCCN(CCC)c1cc(C)n(-c2ccc(OC(F)(F)F)cc2)n1.CCCN1CCC(F)(F)C1. The van der Waals surface area contributed by atoms with Crippen molar-refractivity contribution in [1.82, 2.24) is 14.7 Å². The predicted molar refractivity (Wildman–Crippen MR) is 129 cm³/mol. The molecule has 0 bridgehead atoms. The number of anilines is 1. The summed E-state index contributed by atoms with van der Waals surface area (Å²) in [5.41, 5.74) is 1.58. The monoisotopic (exact) mass is 502 g/mol. The number of hydrogen-bond donors (Lipinski definition) is 0. The van der Waals surface area contributed by atoms with Crippen molar-refractivity contribution >= 4 is 5.82 Å². The zero-order chi connectivity index (χ0) is 26.1. The highest BCUT2D eigenvalue weighted by atomic mass is 19.4. The predicted octanol–water partition coefficient (Wildman–Crippen LogP) is 6.61. The Kier molecular flexibility index (Phi) is 10.5. The van der Waals surface area contributed by atoms with Crippen LogP contribution in [0.3, 0.4) is 0 Å². The van der Waals surface area contributed by atoms with E-state index >= 15 is 0 Å². The number of benzene rings is 1. The second-order valence-electron chi connectivity index (χ2n) is 8.54. The number of halogens is 5. The third kappa shape index (κ3) is 9.51. The number of rotatable bonds is 10. The smallest absolute Gasteiger partial charge is 0.406 e. The number of aromatic nitrogens is 2. The number of alkyl halides is 5. The summed E-state index contributed by atoms with van der Waals surface area (Å²) < 4.78 is 67.3. The molecule has 1 aromatic heterocycles. The molecule has 1 aromatic carbocycles. The van der Waals surface area contributed by atoms with Gasteiger partial charge in [-0.05, 0) is 57.0 Å². The molecule has 0 atom stereocenters. The van der Waals surface area contributed by atoms with E-state index in [2.05, 4.69) is 28.2 Å². The van der Waals surface area contributed by atoms with Crippen molar-refractivity contribution in [3.8, 4) is 11.4 Å². The van der Waals surface area contributed by atoms with Crippen molar-refractivity contribution in [2.24, 2.45) is 0 Å². The molecule has 3 rings (SSSR count). The summed E-state index contributed by atoms with van der Waals surface area (Å²) in [5.74, 6) is -1.81. The Morgan fingerprint density at radius 2 is 1.83 bits per heavy atom. The maximum atomic E-state index is 12.5. The first-order chi connectivity index (χ1) is 16.5. The molecular formula is C25H35F5N4O. The van der Waals surface area contributed by atoms with Gasteiger partial charge in [0.2, 0.25) is 0 Å². The Morgan fingerprint density at radius 3 is 2.34 bits per heavy atom. The van der Waals surface area contributed by atoms with Crippen LogP contribution in [0.5, 0.6) is 5.75 Å². The highest BCUT2D eigenvalue weighted by molar-refractivity contribution is 5.45. The largest absolute Gasteiger partial charge is 0.573 e. The Labute approximate surface area is 204 Å². The molecule has 1 aliphatic heterocycles. The molecule has 0 saturated carbocycles. The molecule has 0 aliphatic carbocycles. The third-order valence-electron chi connectivity index (χ3n) is 5.40. The first-order valence-electron chi connectivity index (χ1n) is 11.9. The van der Waals surface area contributed by atoms with E-state index in [0.29, 0.717) is 12.2 Å². The number of likely N-dealkylation sites (tertiary alicyclic amines) is 1. The zero-order valence-corrected chi connectivity index (χ0v) is 20.6. The molecule has 196 valence electrons. The molecular weight excluding hydrogens is 467 g/mol. The van der Waals surface area contributed by atoms with E-state index < -0.39 is 12.3 Å². The van der Waals surface area contributed by atoms with Gasteiger partial charge >= 0.3 is 6.36 Å². The minimum absolute atomic E-state index is 0.0269. The molecule has 0 spiro atoms. The molecule has 0 amide bonds. The summed E-state index contributed by atoms with van der Waals surface area (Å²) in [6.07, 6.45) is 0.0407. The average molecular weight is 503 g/mol. The van der Waals surface area contributed by atoms with E-state index in [1.54, 1.807) is 16.8 Å². The summed E-state index contributed by atoms with van der Waals surface area (Å²) in [7, 11) is 0. The standard InChI is InChI=1S/C18H22F3N3O.C7H13F2N/c1-4-6-12-23(11-5-2)17-13-14(3)24(22-17)15-7-9-16(10-8-15)25-18(19,20)21;1-2-4-10-5-3-7(8,9)6-10/h4,7-10,13H,1,5-6,11-12H2,2-3H3;2-6H2,1H3. The van der Waals surface area contributed by atoms with Gasteiger partial charge in [-0.2, -0.15) is 5.10 Å². The Morgan fingerprint density at radius 1 is 1.14 bits per heavy atom.